The third-order valence-electron chi connectivity index (χ3n) is 2.48. The van der Waals surface area contributed by atoms with Gasteiger partial charge in [0.25, 0.3) is 0 Å². The quantitative estimate of drug-likeness (QED) is 0.803. The maximum atomic E-state index is 12.4. The number of rotatable bonds is 4. The average molecular weight is 346 g/mol. The summed E-state index contributed by atoms with van der Waals surface area (Å²) in [4.78, 5) is 4.05. The lowest BCUT2D eigenvalue weighted by molar-refractivity contribution is 0.457. The first-order chi connectivity index (χ1) is 8.91. The van der Waals surface area contributed by atoms with Gasteiger partial charge in [0.05, 0.1) is 11.4 Å². The number of nitrogen functional groups attached to an aromatic ring is 1. The van der Waals surface area contributed by atoms with Gasteiger partial charge in [0.1, 0.15) is 12.2 Å². The Morgan fingerprint density at radius 2 is 2.21 bits per heavy atom. The van der Waals surface area contributed by atoms with E-state index in [2.05, 4.69) is 31.1 Å². The van der Waals surface area contributed by atoms with E-state index in [0.29, 0.717) is 16.0 Å². The van der Waals surface area contributed by atoms with Crippen molar-refractivity contribution in [2.24, 2.45) is 0 Å². The maximum absolute atomic E-state index is 12.4. The second-order valence-corrected chi connectivity index (χ2v) is 6.75. The molecule has 1 aromatic heterocycles. The summed E-state index contributed by atoms with van der Waals surface area (Å²) in [5.41, 5.74) is 6.08. The van der Waals surface area contributed by atoms with Crippen LogP contribution in [0.5, 0.6) is 0 Å². The molecule has 0 radical (unpaired) electrons. The molecule has 7 nitrogen and oxygen atoms in total. The maximum Gasteiger partial charge on any atom is 0.244 e. The highest BCUT2D eigenvalue weighted by Gasteiger charge is 2.24. The first-order valence-corrected chi connectivity index (χ1v) is 7.50. The molecule has 0 aliphatic carbocycles. The Morgan fingerprint density at radius 3 is 2.79 bits per heavy atom. The van der Waals surface area contributed by atoms with Crippen molar-refractivity contribution < 1.29 is 8.42 Å². The third kappa shape index (κ3) is 2.94. The minimum Gasteiger partial charge on any atom is -0.399 e. The van der Waals surface area contributed by atoms with Crippen molar-refractivity contribution in [1.29, 1.82) is 0 Å². The molecule has 2 aromatic rings. The zero-order valence-corrected chi connectivity index (χ0v) is 12.4. The first-order valence-electron chi connectivity index (χ1n) is 5.27. The molecule has 102 valence electrons. The molecule has 9 heteroatoms. The van der Waals surface area contributed by atoms with Crippen molar-refractivity contribution in [3.05, 3.63) is 34.8 Å². The number of anilines is 1. The van der Waals surface area contributed by atoms with Crippen LogP contribution in [0.25, 0.3) is 0 Å². The van der Waals surface area contributed by atoms with E-state index in [9.17, 15) is 8.42 Å². The van der Waals surface area contributed by atoms with Crippen LogP contribution in [0.3, 0.4) is 0 Å². The minimum atomic E-state index is -3.62. The van der Waals surface area contributed by atoms with Crippen molar-refractivity contribution in [2.45, 2.75) is 11.4 Å². The summed E-state index contributed by atoms with van der Waals surface area (Å²) in [5.74, 6) is 0.470. The van der Waals surface area contributed by atoms with Gasteiger partial charge in [-0.05, 0) is 34.1 Å². The van der Waals surface area contributed by atoms with E-state index >= 15 is 0 Å². The predicted molar refractivity (Wildman–Crippen MR) is 73.6 cm³/mol. The molecule has 0 spiro atoms. The Kier molecular flexibility index (Phi) is 3.88. The van der Waals surface area contributed by atoms with Gasteiger partial charge in [0, 0.05) is 17.2 Å². The summed E-state index contributed by atoms with van der Waals surface area (Å²) in [6.07, 6.45) is 1.33. The van der Waals surface area contributed by atoms with Crippen molar-refractivity contribution >= 4 is 31.6 Å². The van der Waals surface area contributed by atoms with E-state index in [4.69, 9.17) is 5.73 Å². The van der Waals surface area contributed by atoms with Crippen molar-refractivity contribution in [3.63, 3.8) is 0 Å². The van der Waals surface area contributed by atoms with Crippen molar-refractivity contribution in [1.82, 2.24) is 19.5 Å². The smallest absolute Gasteiger partial charge is 0.244 e. The number of benzene rings is 1. The monoisotopic (exact) mass is 345 g/mol. The van der Waals surface area contributed by atoms with Gasteiger partial charge in [0.15, 0.2) is 0 Å². The lowest BCUT2D eigenvalue weighted by Gasteiger charge is -2.16. The molecule has 0 atom stereocenters. The highest BCUT2D eigenvalue weighted by Crippen LogP contribution is 2.26. The summed E-state index contributed by atoms with van der Waals surface area (Å²) in [6.45, 7) is 0.110. The second-order valence-electron chi connectivity index (χ2n) is 3.88. The van der Waals surface area contributed by atoms with Gasteiger partial charge in [-0.25, -0.2) is 13.4 Å². The second kappa shape index (κ2) is 5.27. The lowest BCUT2D eigenvalue weighted by atomic mass is 10.3. The lowest BCUT2D eigenvalue weighted by Crippen LogP contribution is -2.27. The summed E-state index contributed by atoms with van der Waals surface area (Å²) in [7, 11) is -2.15. The zero-order valence-electron chi connectivity index (χ0n) is 10.0. The Morgan fingerprint density at radius 1 is 1.47 bits per heavy atom. The van der Waals surface area contributed by atoms with Crippen LogP contribution in [0.4, 0.5) is 5.69 Å². The topological polar surface area (TPSA) is 105 Å². The van der Waals surface area contributed by atoms with Crippen LogP contribution >= 0.6 is 15.9 Å². The van der Waals surface area contributed by atoms with Gasteiger partial charge in [0.2, 0.25) is 10.0 Å². The Labute approximate surface area is 119 Å². The van der Waals surface area contributed by atoms with Crippen LogP contribution < -0.4 is 5.73 Å². The fraction of sp³-hybridized carbons (Fsp3) is 0.200. The molecular weight excluding hydrogens is 334 g/mol. The summed E-state index contributed by atoms with van der Waals surface area (Å²) < 4.78 is 26.4. The number of nitrogens with zero attached hydrogens (tertiary/aromatic N) is 3. The molecule has 19 heavy (non-hydrogen) atoms. The zero-order chi connectivity index (χ0) is 14.0. The number of aromatic amines is 1. The molecule has 2 rings (SSSR count). The van der Waals surface area contributed by atoms with E-state index < -0.39 is 10.0 Å². The summed E-state index contributed by atoms with van der Waals surface area (Å²) in [6, 6.07) is 4.56. The molecule has 1 heterocycles. The van der Waals surface area contributed by atoms with Gasteiger partial charge in [-0.3, -0.25) is 5.10 Å². The molecule has 1 aromatic carbocycles. The van der Waals surface area contributed by atoms with Crippen LogP contribution in [0.15, 0.2) is 33.9 Å². The molecule has 0 unspecified atom stereocenters. The largest absolute Gasteiger partial charge is 0.399 e. The third-order valence-corrected chi connectivity index (χ3v) is 5.26. The highest BCUT2D eigenvalue weighted by atomic mass is 79.9. The van der Waals surface area contributed by atoms with Crippen molar-refractivity contribution in [3.8, 4) is 0 Å². The Hall–Kier alpha value is -1.45. The SMILES string of the molecule is CN(Cc1ncn[nH]1)S(=O)(=O)c1ccc(N)cc1Br. The first kappa shape index (κ1) is 14.0. The van der Waals surface area contributed by atoms with Gasteiger partial charge in [-0.15, -0.1) is 0 Å². The molecular formula is C10H12BrN5O2S. The van der Waals surface area contributed by atoms with Gasteiger partial charge in [-0.2, -0.15) is 9.40 Å². The Balaban J connectivity index is 2.31. The van der Waals surface area contributed by atoms with Gasteiger partial charge in [-0.1, -0.05) is 0 Å². The van der Waals surface area contributed by atoms with Gasteiger partial charge >= 0.3 is 0 Å². The van der Waals surface area contributed by atoms with Crippen LogP contribution in [0.2, 0.25) is 0 Å². The fourth-order valence-electron chi connectivity index (χ4n) is 1.50. The molecule has 0 aliphatic rings. The van der Waals surface area contributed by atoms with E-state index in [1.165, 1.54) is 23.7 Å². The molecule has 0 fully saturated rings. The van der Waals surface area contributed by atoms with Crippen molar-refractivity contribution in [2.75, 3.05) is 12.8 Å². The number of hydrogen-bond acceptors (Lipinski definition) is 5. The molecule has 0 saturated carbocycles. The summed E-state index contributed by atoms with van der Waals surface area (Å²) >= 11 is 3.21. The number of hydrogen-bond donors (Lipinski definition) is 2. The van der Waals surface area contributed by atoms with Crippen LogP contribution in [0, 0.1) is 0 Å². The predicted octanol–water partition coefficient (Wildman–Crippen LogP) is 0.970. The molecule has 0 bridgehead atoms. The van der Waals surface area contributed by atoms with Gasteiger partial charge < -0.3 is 5.73 Å². The molecule has 0 amide bonds. The minimum absolute atomic E-state index is 0.110. The van der Waals surface area contributed by atoms with Crippen LogP contribution in [-0.2, 0) is 16.6 Å². The number of halogens is 1. The molecule has 0 aliphatic heterocycles. The van der Waals surface area contributed by atoms with Crippen LogP contribution in [-0.4, -0.2) is 35.0 Å². The number of nitrogens with two attached hydrogens (primary N) is 1. The number of nitrogens with one attached hydrogen (secondary N) is 1. The molecule has 0 saturated heterocycles. The molecule has 3 N–H and O–H groups in total. The number of aromatic nitrogens is 3. The van der Waals surface area contributed by atoms with E-state index in [0.717, 1.165) is 0 Å². The summed E-state index contributed by atoms with van der Waals surface area (Å²) in [5, 5.41) is 6.29. The van der Waals surface area contributed by atoms with Crippen LogP contribution in [0.1, 0.15) is 5.82 Å². The fourth-order valence-corrected chi connectivity index (χ4v) is 3.68. The number of H-pyrrole nitrogens is 1. The Bertz CT molecular complexity index is 671. The normalized spacial score (nSPS) is 11.9. The van der Waals surface area contributed by atoms with E-state index in [1.807, 2.05) is 0 Å². The number of sulfonamides is 1. The van der Waals surface area contributed by atoms with E-state index in [-0.39, 0.29) is 11.4 Å². The average Bonchev–Trinajstić information content (AvgIpc) is 2.81. The van der Waals surface area contributed by atoms with E-state index in [1.54, 1.807) is 12.1 Å². The standard InChI is InChI=1S/C10H12BrN5O2S/c1-16(5-10-13-6-14-15-10)19(17,18)9-3-2-7(12)4-8(9)11/h2-4,6H,5,12H2,1H3,(H,13,14,15). The highest BCUT2D eigenvalue weighted by molar-refractivity contribution is 9.10.